The van der Waals surface area contributed by atoms with E-state index in [9.17, 15) is 0 Å². The number of nitrogens with two attached hydrogens (primary N) is 1. The van der Waals surface area contributed by atoms with Crippen molar-refractivity contribution in [2.24, 2.45) is 5.73 Å². The third kappa shape index (κ3) is 2.76. The topological polar surface area (TPSA) is 48.1 Å². The first-order valence-electron chi connectivity index (χ1n) is 7.11. The molecule has 0 bridgehead atoms. The number of hydrogen-bond donors (Lipinski definition) is 1. The molecule has 2 heterocycles. The number of rotatable bonds is 2. The van der Waals surface area contributed by atoms with Gasteiger partial charge in [0.1, 0.15) is 0 Å². The van der Waals surface area contributed by atoms with E-state index in [2.05, 4.69) is 5.38 Å². The van der Waals surface area contributed by atoms with Gasteiger partial charge in [0.15, 0.2) is 0 Å². The fourth-order valence-corrected chi connectivity index (χ4v) is 4.11. The largest absolute Gasteiger partial charge is 0.381 e. The first-order chi connectivity index (χ1) is 8.83. The van der Waals surface area contributed by atoms with Gasteiger partial charge >= 0.3 is 0 Å². The maximum absolute atomic E-state index is 5.97. The quantitative estimate of drug-likeness (QED) is 0.895. The van der Waals surface area contributed by atoms with Crippen LogP contribution in [0.4, 0.5) is 0 Å². The Bertz CT molecular complexity index is 379. The summed E-state index contributed by atoms with van der Waals surface area (Å²) in [4.78, 5) is 4.90. The monoisotopic (exact) mass is 266 g/mol. The molecule has 0 spiro atoms. The molecular formula is C14H22N2OS. The van der Waals surface area contributed by atoms with Gasteiger partial charge in [-0.3, -0.25) is 0 Å². The number of ether oxygens (including phenoxy) is 1. The SMILES string of the molecule is NC1CCC(c2csc(C3CCOCC3)n2)CC1. The molecule has 0 unspecified atom stereocenters. The van der Waals surface area contributed by atoms with E-state index in [1.54, 1.807) is 0 Å². The standard InChI is InChI=1S/C14H22N2OS/c15-12-3-1-10(2-4-12)13-9-18-14(16-13)11-5-7-17-8-6-11/h9-12H,1-8,15H2. The Morgan fingerprint density at radius 2 is 1.78 bits per heavy atom. The molecule has 1 aromatic heterocycles. The molecule has 0 amide bonds. The zero-order valence-electron chi connectivity index (χ0n) is 10.8. The molecule has 1 aliphatic carbocycles. The summed E-state index contributed by atoms with van der Waals surface area (Å²) in [6.45, 7) is 1.80. The predicted octanol–water partition coefficient (Wildman–Crippen LogP) is 3.02. The van der Waals surface area contributed by atoms with Crippen molar-refractivity contribution in [2.45, 2.75) is 56.4 Å². The van der Waals surface area contributed by atoms with Crippen LogP contribution in [0.5, 0.6) is 0 Å². The highest BCUT2D eigenvalue weighted by molar-refractivity contribution is 7.09. The second-order valence-electron chi connectivity index (χ2n) is 5.61. The second-order valence-corrected chi connectivity index (χ2v) is 6.50. The molecule has 4 heteroatoms. The minimum absolute atomic E-state index is 0.426. The van der Waals surface area contributed by atoms with Crippen molar-refractivity contribution in [3.8, 4) is 0 Å². The van der Waals surface area contributed by atoms with Crippen molar-refractivity contribution in [1.29, 1.82) is 0 Å². The Kier molecular flexibility index (Phi) is 3.97. The average Bonchev–Trinajstić information content (AvgIpc) is 2.90. The summed E-state index contributed by atoms with van der Waals surface area (Å²) in [6.07, 6.45) is 7.05. The highest BCUT2D eigenvalue weighted by Crippen LogP contribution is 2.36. The van der Waals surface area contributed by atoms with Crippen molar-refractivity contribution < 1.29 is 4.74 Å². The molecule has 100 valence electrons. The summed E-state index contributed by atoms with van der Waals surface area (Å²) < 4.78 is 5.42. The number of hydrogen-bond acceptors (Lipinski definition) is 4. The van der Waals surface area contributed by atoms with Crippen molar-refractivity contribution in [3.05, 3.63) is 16.1 Å². The van der Waals surface area contributed by atoms with Crippen LogP contribution < -0.4 is 5.73 Å². The van der Waals surface area contributed by atoms with Crippen LogP contribution in [0.15, 0.2) is 5.38 Å². The molecule has 3 rings (SSSR count). The van der Waals surface area contributed by atoms with Crippen LogP contribution in [0.25, 0.3) is 0 Å². The Hall–Kier alpha value is -0.450. The zero-order chi connectivity index (χ0) is 12.4. The molecule has 1 aromatic rings. The zero-order valence-corrected chi connectivity index (χ0v) is 11.6. The predicted molar refractivity (Wildman–Crippen MR) is 74.1 cm³/mol. The van der Waals surface area contributed by atoms with E-state index in [1.165, 1.54) is 23.5 Å². The molecule has 1 saturated heterocycles. The van der Waals surface area contributed by atoms with E-state index in [0.29, 0.717) is 17.9 Å². The Morgan fingerprint density at radius 1 is 1.06 bits per heavy atom. The van der Waals surface area contributed by atoms with Gasteiger partial charge in [-0.25, -0.2) is 4.98 Å². The fraction of sp³-hybridized carbons (Fsp3) is 0.786. The molecule has 2 aliphatic rings. The normalized spacial score (nSPS) is 30.5. The van der Waals surface area contributed by atoms with Gasteiger partial charge < -0.3 is 10.5 Å². The molecule has 18 heavy (non-hydrogen) atoms. The van der Waals surface area contributed by atoms with Gasteiger partial charge in [-0.1, -0.05) is 0 Å². The number of aromatic nitrogens is 1. The summed E-state index contributed by atoms with van der Waals surface area (Å²) in [5.41, 5.74) is 7.29. The maximum Gasteiger partial charge on any atom is 0.0961 e. The summed E-state index contributed by atoms with van der Waals surface area (Å²) in [5, 5.41) is 3.62. The maximum atomic E-state index is 5.97. The van der Waals surface area contributed by atoms with Crippen molar-refractivity contribution in [1.82, 2.24) is 4.98 Å². The van der Waals surface area contributed by atoms with E-state index in [4.69, 9.17) is 15.5 Å². The van der Waals surface area contributed by atoms with Crippen LogP contribution in [0.1, 0.15) is 61.1 Å². The smallest absolute Gasteiger partial charge is 0.0961 e. The van der Waals surface area contributed by atoms with Gasteiger partial charge in [0, 0.05) is 36.5 Å². The van der Waals surface area contributed by atoms with Crippen molar-refractivity contribution >= 4 is 11.3 Å². The van der Waals surface area contributed by atoms with E-state index < -0.39 is 0 Å². The lowest BCUT2D eigenvalue weighted by atomic mass is 9.85. The molecule has 1 aliphatic heterocycles. The summed E-state index contributed by atoms with van der Waals surface area (Å²) in [6, 6.07) is 0.426. The molecule has 1 saturated carbocycles. The van der Waals surface area contributed by atoms with Gasteiger partial charge in [0.2, 0.25) is 0 Å². The van der Waals surface area contributed by atoms with Gasteiger partial charge in [-0.15, -0.1) is 11.3 Å². The number of thiazole rings is 1. The minimum atomic E-state index is 0.426. The van der Waals surface area contributed by atoms with E-state index in [1.807, 2.05) is 11.3 Å². The van der Waals surface area contributed by atoms with Crippen LogP contribution in [-0.2, 0) is 4.74 Å². The Labute approximate surface area is 113 Å². The Morgan fingerprint density at radius 3 is 2.50 bits per heavy atom. The van der Waals surface area contributed by atoms with Gasteiger partial charge in [-0.05, 0) is 38.5 Å². The molecule has 2 fully saturated rings. The molecule has 2 N–H and O–H groups in total. The first kappa shape index (κ1) is 12.6. The summed E-state index contributed by atoms with van der Waals surface area (Å²) in [7, 11) is 0. The van der Waals surface area contributed by atoms with E-state index >= 15 is 0 Å². The second kappa shape index (κ2) is 5.68. The van der Waals surface area contributed by atoms with Crippen molar-refractivity contribution in [3.63, 3.8) is 0 Å². The van der Waals surface area contributed by atoms with Gasteiger partial charge in [0.05, 0.1) is 10.7 Å². The van der Waals surface area contributed by atoms with Crippen LogP contribution in [0, 0.1) is 0 Å². The molecule has 3 nitrogen and oxygen atoms in total. The third-order valence-corrected chi connectivity index (χ3v) is 5.33. The van der Waals surface area contributed by atoms with Crippen LogP contribution in [0.2, 0.25) is 0 Å². The lowest BCUT2D eigenvalue weighted by molar-refractivity contribution is 0.0852. The summed E-state index contributed by atoms with van der Waals surface area (Å²) in [5.74, 6) is 1.30. The van der Waals surface area contributed by atoms with Crippen LogP contribution in [0.3, 0.4) is 0 Å². The number of nitrogens with zero attached hydrogens (tertiary/aromatic N) is 1. The molecule has 0 aromatic carbocycles. The highest BCUT2D eigenvalue weighted by Gasteiger charge is 2.24. The highest BCUT2D eigenvalue weighted by atomic mass is 32.1. The Balaban J connectivity index is 1.65. The average molecular weight is 266 g/mol. The minimum Gasteiger partial charge on any atom is -0.381 e. The van der Waals surface area contributed by atoms with E-state index in [-0.39, 0.29) is 0 Å². The molecular weight excluding hydrogens is 244 g/mol. The third-order valence-electron chi connectivity index (χ3n) is 4.30. The molecule has 0 atom stereocenters. The lowest BCUT2D eigenvalue weighted by Crippen LogP contribution is -2.25. The van der Waals surface area contributed by atoms with Crippen molar-refractivity contribution in [2.75, 3.05) is 13.2 Å². The fourth-order valence-electron chi connectivity index (χ4n) is 3.04. The van der Waals surface area contributed by atoms with Gasteiger partial charge in [0.25, 0.3) is 0 Å². The lowest BCUT2D eigenvalue weighted by Gasteiger charge is -2.24. The van der Waals surface area contributed by atoms with Crippen LogP contribution >= 0.6 is 11.3 Å². The van der Waals surface area contributed by atoms with Gasteiger partial charge in [-0.2, -0.15) is 0 Å². The molecule has 0 radical (unpaired) electrons. The first-order valence-corrected chi connectivity index (χ1v) is 7.99. The van der Waals surface area contributed by atoms with Crippen LogP contribution in [-0.4, -0.2) is 24.2 Å². The van der Waals surface area contributed by atoms with E-state index in [0.717, 1.165) is 38.9 Å². The summed E-state index contributed by atoms with van der Waals surface area (Å²) >= 11 is 1.85.